The van der Waals surface area contributed by atoms with E-state index in [0.29, 0.717) is 37.0 Å². The molecule has 1 atom stereocenters. The molecule has 0 saturated carbocycles. The number of nitrogens with one attached hydrogen (secondary N) is 1. The Morgan fingerprint density at radius 2 is 2.03 bits per heavy atom. The van der Waals surface area contributed by atoms with Gasteiger partial charge in [0.1, 0.15) is 0 Å². The smallest absolute Gasteiger partial charge is 0.257 e. The summed E-state index contributed by atoms with van der Waals surface area (Å²) in [5.41, 5.74) is 4.64. The number of benzene rings is 1. The Hall–Kier alpha value is -3.52. The van der Waals surface area contributed by atoms with Crippen molar-refractivity contribution in [2.45, 2.75) is 20.0 Å². The Labute approximate surface area is 172 Å². The quantitative estimate of drug-likeness (QED) is 0.563. The van der Waals surface area contributed by atoms with Crippen LogP contribution in [0.3, 0.4) is 0 Å². The maximum Gasteiger partial charge on any atom is 0.257 e. The molecule has 1 aliphatic rings. The zero-order valence-corrected chi connectivity index (χ0v) is 16.8. The Bertz CT molecular complexity index is 1210. The number of amides is 1. The minimum atomic E-state index is -0.459. The van der Waals surface area contributed by atoms with Gasteiger partial charge in [0.15, 0.2) is 6.10 Å². The summed E-state index contributed by atoms with van der Waals surface area (Å²) in [5, 5.41) is 5.02. The zero-order chi connectivity index (χ0) is 20.7. The lowest BCUT2D eigenvalue weighted by atomic mass is 10.0. The highest BCUT2D eigenvalue weighted by Crippen LogP contribution is 2.28. The van der Waals surface area contributed by atoms with Crippen molar-refractivity contribution in [3.8, 4) is 11.4 Å². The number of ether oxygens (including phenoxy) is 1. The van der Waals surface area contributed by atoms with Gasteiger partial charge in [0.2, 0.25) is 5.82 Å². The lowest BCUT2D eigenvalue weighted by Gasteiger charge is -2.31. The van der Waals surface area contributed by atoms with Gasteiger partial charge in [-0.15, -0.1) is 0 Å². The second-order valence-electron chi connectivity index (χ2n) is 7.41. The maximum absolute atomic E-state index is 13.4. The fourth-order valence-electron chi connectivity index (χ4n) is 3.86. The van der Waals surface area contributed by atoms with E-state index in [1.54, 1.807) is 17.3 Å². The standard InChI is InChI=1S/C22H21N5O3/c1-13-14(2)24-17-5-3-4-16(19(13)17)22(28)27-10-11-29-18(12-27)21-25-20(26-30-21)15-6-8-23-9-7-15/h3-9,18,24H,10-12H2,1-2H3/t18-/m1/s1. The molecule has 8 nitrogen and oxygen atoms in total. The summed E-state index contributed by atoms with van der Waals surface area (Å²) in [7, 11) is 0. The van der Waals surface area contributed by atoms with Crippen LogP contribution >= 0.6 is 0 Å². The number of rotatable bonds is 3. The van der Waals surface area contributed by atoms with Crippen molar-refractivity contribution in [1.29, 1.82) is 0 Å². The molecule has 1 fully saturated rings. The maximum atomic E-state index is 13.4. The molecule has 1 amide bonds. The molecule has 4 heterocycles. The van der Waals surface area contributed by atoms with Crippen molar-refractivity contribution in [3.63, 3.8) is 0 Å². The number of morpholine rings is 1. The summed E-state index contributed by atoms with van der Waals surface area (Å²) in [6.45, 7) is 5.33. The molecule has 1 aliphatic heterocycles. The van der Waals surface area contributed by atoms with Crippen LogP contribution in [0.1, 0.15) is 33.6 Å². The molecule has 0 spiro atoms. The van der Waals surface area contributed by atoms with Gasteiger partial charge in [-0.2, -0.15) is 4.98 Å². The topological polar surface area (TPSA) is 97.1 Å². The number of pyridine rings is 1. The highest BCUT2D eigenvalue weighted by molar-refractivity contribution is 6.08. The summed E-state index contributed by atoms with van der Waals surface area (Å²) in [6, 6.07) is 9.40. The van der Waals surface area contributed by atoms with Crippen LogP contribution in [0.5, 0.6) is 0 Å². The van der Waals surface area contributed by atoms with Crippen LogP contribution in [0.15, 0.2) is 47.2 Å². The first-order chi connectivity index (χ1) is 14.6. The molecule has 152 valence electrons. The monoisotopic (exact) mass is 403 g/mol. The number of carbonyl (C=O) groups is 1. The summed E-state index contributed by atoms with van der Waals surface area (Å²) < 4.78 is 11.3. The van der Waals surface area contributed by atoms with E-state index in [1.807, 2.05) is 44.2 Å². The number of H-pyrrole nitrogens is 1. The van der Waals surface area contributed by atoms with Crippen molar-refractivity contribution < 1.29 is 14.1 Å². The summed E-state index contributed by atoms with van der Waals surface area (Å²) in [5.74, 6) is 0.818. The van der Waals surface area contributed by atoms with Crippen LogP contribution < -0.4 is 0 Å². The highest BCUT2D eigenvalue weighted by atomic mass is 16.5. The van der Waals surface area contributed by atoms with E-state index >= 15 is 0 Å². The summed E-state index contributed by atoms with van der Waals surface area (Å²) >= 11 is 0. The lowest BCUT2D eigenvalue weighted by molar-refractivity contribution is -0.0366. The van der Waals surface area contributed by atoms with E-state index in [1.165, 1.54) is 0 Å². The number of aryl methyl sites for hydroxylation is 2. The minimum Gasteiger partial charge on any atom is -0.365 e. The Balaban J connectivity index is 1.40. The first-order valence-electron chi connectivity index (χ1n) is 9.84. The number of hydrogen-bond acceptors (Lipinski definition) is 6. The molecule has 8 heteroatoms. The second-order valence-corrected chi connectivity index (χ2v) is 7.41. The van der Waals surface area contributed by atoms with Crippen LogP contribution in [-0.4, -0.2) is 50.6 Å². The molecule has 4 aromatic rings. The van der Waals surface area contributed by atoms with E-state index in [0.717, 1.165) is 27.7 Å². The van der Waals surface area contributed by atoms with Gasteiger partial charge < -0.3 is 19.1 Å². The average Bonchev–Trinajstić information content (AvgIpc) is 3.39. The molecule has 0 bridgehead atoms. The number of fused-ring (bicyclic) bond motifs is 1. The van der Waals surface area contributed by atoms with Gasteiger partial charge in [0.25, 0.3) is 11.8 Å². The molecule has 1 N–H and O–H groups in total. The molecule has 30 heavy (non-hydrogen) atoms. The number of aromatic nitrogens is 4. The minimum absolute atomic E-state index is 0.0233. The van der Waals surface area contributed by atoms with E-state index in [2.05, 4.69) is 20.1 Å². The molecular formula is C22H21N5O3. The van der Waals surface area contributed by atoms with E-state index in [9.17, 15) is 4.79 Å². The average molecular weight is 403 g/mol. The second kappa shape index (κ2) is 7.38. The van der Waals surface area contributed by atoms with Gasteiger partial charge in [0.05, 0.1) is 13.2 Å². The van der Waals surface area contributed by atoms with Gasteiger partial charge in [-0.05, 0) is 43.7 Å². The number of aromatic amines is 1. The SMILES string of the molecule is Cc1[nH]c2cccc(C(=O)N3CCO[C@@H](c4nc(-c5ccncc5)no4)C3)c2c1C. The third-order valence-corrected chi connectivity index (χ3v) is 5.56. The van der Waals surface area contributed by atoms with Gasteiger partial charge in [-0.1, -0.05) is 11.2 Å². The zero-order valence-electron chi connectivity index (χ0n) is 16.8. The predicted molar refractivity (Wildman–Crippen MR) is 110 cm³/mol. The van der Waals surface area contributed by atoms with Crippen LogP contribution in [0.2, 0.25) is 0 Å². The first kappa shape index (κ1) is 18.5. The van der Waals surface area contributed by atoms with Crippen molar-refractivity contribution >= 4 is 16.8 Å². The molecule has 3 aromatic heterocycles. The summed E-state index contributed by atoms with van der Waals surface area (Å²) in [4.78, 5) is 27.0. The molecule has 0 aliphatic carbocycles. The molecular weight excluding hydrogens is 382 g/mol. The lowest BCUT2D eigenvalue weighted by Crippen LogP contribution is -2.42. The predicted octanol–water partition coefficient (Wildman–Crippen LogP) is 3.44. The number of nitrogens with zero attached hydrogens (tertiary/aromatic N) is 4. The van der Waals surface area contributed by atoms with Gasteiger partial charge >= 0.3 is 0 Å². The van der Waals surface area contributed by atoms with Crippen LogP contribution in [0.4, 0.5) is 0 Å². The van der Waals surface area contributed by atoms with Crippen molar-refractivity contribution in [2.75, 3.05) is 19.7 Å². The molecule has 1 saturated heterocycles. The van der Waals surface area contributed by atoms with Crippen molar-refractivity contribution in [2.24, 2.45) is 0 Å². The van der Waals surface area contributed by atoms with E-state index in [-0.39, 0.29) is 5.91 Å². The van der Waals surface area contributed by atoms with Crippen LogP contribution in [0.25, 0.3) is 22.3 Å². The molecule has 5 rings (SSSR count). The highest BCUT2D eigenvalue weighted by Gasteiger charge is 2.31. The van der Waals surface area contributed by atoms with E-state index in [4.69, 9.17) is 9.26 Å². The fourth-order valence-corrected chi connectivity index (χ4v) is 3.86. The third-order valence-electron chi connectivity index (χ3n) is 5.56. The summed E-state index contributed by atoms with van der Waals surface area (Å²) in [6.07, 6.45) is 2.89. The van der Waals surface area contributed by atoms with Gasteiger partial charge in [-0.25, -0.2) is 0 Å². The first-order valence-corrected chi connectivity index (χ1v) is 9.84. The largest absolute Gasteiger partial charge is 0.365 e. The van der Waals surface area contributed by atoms with Crippen LogP contribution in [0, 0.1) is 13.8 Å². The van der Waals surface area contributed by atoms with Crippen molar-refractivity contribution in [3.05, 3.63) is 65.4 Å². The normalized spacial score (nSPS) is 16.9. The number of hydrogen-bond donors (Lipinski definition) is 1. The van der Waals surface area contributed by atoms with Crippen molar-refractivity contribution in [1.82, 2.24) is 25.0 Å². The van der Waals surface area contributed by atoms with E-state index < -0.39 is 6.10 Å². The van der Waals surface area contributed by atoms with Gasteiger partial charge in [-0.3, -0.25) is 9.78 Å². The Morgan fingerprint density at radius 3 is 2.87 bits per heavy atom. The Morgan fingerprint density at radius 1 is 1.20 bits per heavy atom. The number of carbonyl (C=O) groups excluding carboxylic acids is 1. The Kier molecular flexibility index (Phi) is 4.55. The van der Waals surface area contributed by atoms with Crippen LogP contribution in [-0.2, 0) is 4.74 Å². The molecule has 0 radical (unpaired) electrons. The third kappa shape index (κ3) is 3.15. The molecule has 0 unspecified atom stereocenters. The molecule has 1 aromatic carbocycles. The van der Waals surface area contributed by atoms with Gasteiger partial charge in [0, 0.05) is 46.7 Å². The fraction of sp³-hybridized carbons (Fsp3) is 0.273.